The summed E-state index contributed by atoms with van der Waals surface area (Å²) in [7, 11) is -2.13. The number of ether oxygens (including phenoxy) is 3. The summed E-state index contributed by atoms with van der Waals surface area (Å²) in [4.78, 5) is 21.2. The number of piperazine rings is 1. The lowest BCUT2D eigenvalue weighted by molar-refractivity contribution is -0.117. The summed E-state index contributed by atoms with van der Waals surface area (Å²) in [5, 5.41) is -0.655. The molecular weight excluding hydrogens is 743 g/mol. The Morgan fingerprint density at radius 1 is 1.09 bits per heavy atom. The second-order valence-corrected chi connectivity index (χ2v) is 20.0. The largest absolute Gasteiger partial charge is 0.490 e. The van der Waals surface area contributed by atoms with Crippen LogP contribution in [0.4, 0.5) is 10.1 Å². The SMILES string of the molecule is CO[C@@]1(CN2CCN(C3COC3)CC2)C2=C[C@@H](C2)[C@H](C)[C@@H](C)S(=O)(=O)NC(=O)c2ccc3c(c2)N(C[C@@H]2CC[C@H]21)C[C@@]1(CCCc2c1ccc(Cl)c2F)CO3. The maximum Gasteiger partial charge on any atom is 0.264 e. The topological polar surface area (TPSA) is 101 Å². The Balaban J connectivity index is 1.11. The van der Waals surface area contributed by atoms with Crippen LogP contribution in [0, 0.1) is 29.5 Å². The smallest absolute Gasteiger partial charge is 0.264 e. The van der Waals surface area contributed by atoms with Gasteiger partial charge in [-0.05, 0) is 110 Å². The van der Waals surface area contributed by atoms with Crippen molar-refractivity contribution in [3.63, 3.8) is 0 Å². The van der Waals surface area contributed by atoms with Gasteiger partial charge in [0.1, 0.15) is 17.2 Å². The highest BCUT2D eigenvalue weighted by molar-refractivity contribution is 7.90. The van der Waals surface area contributed by atoms with Gasteiger partial charge >= 0.3 is 0 Å². The lowest BCUT2D eigenvalue weighted by atomic mass is 9.58. The number of amides is 1. The molecule has 2 saturated heterocycles. The van der Waals surface area contributed by atoms with Crippen LogP contribution in [0.3, 0.4) is 0 Å². The first-order valence-corrected chi connectivity index (χ1v) is 22.2. The predicted octanol–water partition coefficient (Wildman–Crippen LogP) is 5.42. The number of nitrogens with zero attached hydrogens (tertiary/aromatic N) is 3. The van der Waals surface area contributed by atoms with E-state index in [9.17, 15) is 13.2 Å². The summed E-state index contributed by atoms with van der Waals surface area (Å²) in [6.45, 7) is 11.7. The van der Waals surface area contributed by atoms with Crippen molar-refractivity contribution in [3.05, 3.63) is 69.5 Å². The van der Waals surface area contributed by atoms with Gasteiger partial charge < -0.3 is 19.1 Å². The molecule has 1 saturated carbocycles. The Morgan fingerprint density at radius 3 is 2.56 bits per heavy atom. The first kappa shape index (κ1) is 37.8. The number of fused-ring (bicyclic) bond motifs is 6. The fraction of sp³-hybridized carbons (Fsp3) is 0.643. The molecule has 7 atom stereocenters. The normalized spacial score (nSPS) is 35.1. The van der Waals surface area contributed by atoms with Gasteiger partial charge in [0.2, 0.25) is 10.0 Å². The predicted molar refractivity (Wildman–Crippen MR) is 210 cm³/mol. The second-order valence-electron chi connectivity index (χ2n) is 17.5. The Morgan fingerprint density at radius 2 is 1.87 bits per heavy atom. The zero-order valence-electron chi connectivity index (χ0n) is 32.2. The zero-order chi connectivity index (χ0) is 38.3. The molecule has 3 fully saturated rings. The number of methoxy groups -OCH3 is 1. The molecule has 1 N–H and O–H groups in total. The fourth-order valence-electron chi connectivity index (χ4n) is 10.9. The molecule has 8 aliphatic rings. The molecule has 5 heterocycles. The van der Waals surface area contributed by atoms with Gasteiger partial charge in [-0.1, -0.05) is 30.7 Å². The van der Waals surface area contributed by atoms with Gasteiger partial charge in [0.25, 0.3) is 5.91 Å². The monoisotopic (exact) mass is 796 g/mol. The van der Waals surface area contributed by atoms with Crippen molar-refractivity contribution < 1.29 is 31.8 Å². The first-order chi connectivity index (χ1) is 26.4. The van der Waals surface area contributed by atoms with Gasteiger partial charge in [0.05, 0.1) is 41.8 Å². The molecule has 1 amide bonds. The van der Waals surface area contributed by atoms with Crippen molar-refractivity contribution in [2.45, 2.75) is 74.7 Å². The number of benzene rings is 2. The van der Waals surface area contributed by atoms with Crippen LogP contribution in [-0.4, -0.2) is 114 Å². The van der Waals surface area contributed by atoms with E-state index in [0.29, 0.717) is 43.5 Å². The van der Waals surface area contributed by atoms with Crippen molar-refractivity contribution in [3.8, 4) is 5.75 Å². The molecule has 2 aromatic rings. The Kier molecular flexibility index (Phi) is 9.81. The Labute approximate surface area is 329 Å². The van der Waals surface area contributed by atoms with Gasteiger partial charge in [0, 0.05) is 63.9 Å². The van der Waals surface area contributed by atoms with Crippen LogP contribution in [0.25, 0.3) is 0 Å². The van der Waals surface area contributed by atoms with Gasteiger partial charge in [-0.2, -0.15) is 0 Å². The number of anilines is 1. The number of hydrogen-bond acceptors (Lipinski definition) is 9. The van der Waals surface area contributed by atoms with E-state index in [1.54, 1.807) is 31.2 Å². The van der Waals surface area contributed by atoms with Crippen molar-refractivity contribution in [2.24, 2.45) is 23.7 Å². The van der Waals surface area contributed by atoms with E-state index in [4.69, 9.17) is 25.8 Å². The number of halogens is 2. The zero-order valence-corrected chi connectivity index (χ0v) is 33.8. The number of rotatable bonds is 4. The molecule has 2 aromatic carbocycles. The summed E-state index contributed by atoms with van der Waals surface area (Å²) < 4.78 is 64.6. The van der Waals surface area contributed by atoms with E-state index in [1.165, 1.54) is 5.57 Å². The van der Waals surface area contributed by atoms with Crippen LogP contribution in [0.5, 0.6) is 5.75 Å². The van der Waals surface area contributed by atoms with Crippen molar-refractivity contribution in [1.29, 1.82) is 0 Å². The van der Waals surface area contributed by atoms with Crippen LogP contribution in [0.15, 0.2) is 42.0 Å². The maximum absolute atomic E-state index is 15.6. The molecule has 13 heteroatoms. The Bertz CT molecular complexity index is 1990. The molecular formula is C42H54ClFN4O6S. The molecule has 0 radical (unpaired) electrons. The molecule has 3 aliphatic carbocycles. The van der Waals surface area contributed by atoms with Crippen molar-refractivity contribution in [2.75, 3.05) is 77.6 Å². The third-order valence-electron chi connectivity index (χ3n) is 14.8. The van der Waals surface area contributed by atoms with E-state index in [0.717, 1.165) is 89.3 Å². The minimum Gasteiger partial charge on any atom is -0.490 e. The maximum atomic E-state index is 15.6. The van der Waals surface area contributed by atoms with Gasteiger partial charge in [-0.3, -0.25) is 14.6 Å². The van der Waals surface area contributed by atoms with E-state index in [2.05, 4.69) is 25.5 Å². The molecule has 1 spiro atoms. The molecule has 0 aromatic heterocycles. The number of carbonyl (C=O) groups is 1. The van der Waals surface area contributed by atoms with E-state index >= 15 is 4.39 Å². The van der Waals surface area contributed by atoms with Crippen LogP contribution < -0.4 is 14.4 Å². The third-order valence-corrected chi connectivity index (χ3v) is 17.0. The lowest BCUT2D eigenvalue weighted by Gasteiger charge is -2.56. The minimum absolute atomic E-state index is 0.0573. The van der Waals surface area contributed by atoms with Crippen molar-refractivity contribution in [1.82, 2.24) is 14.5 Å². The van der Waals surface area contributed by atoms with Crippen LogP contribution in [-0.2, 0) is 31.3 Å². The molecule has 298 valence electrons. The van der Waals surface area contributed by atoms with Crippen LogP contribution in [0.1, 0.15) is 67.4 Å². The number of hydrogen-bond donors (Lipinski definition) is 1. The van der Waals surface area contributed by atoms with Gasteiger partial charge in [0.15, 0.2) is 0 Å². The summed E-state index contributed by atoms with van der Waals surface area (Å²) in [6, 6.07) is 9.37. The summed E-state index contributed by atoms with van der Waals surface area (Å²) in [6.07, 6.45) is 7.35. The van der Waals surface area contributed by atoms with Crippen molar-refractivity contribution >= 4 is 33.2 Å². The average molecular weight is 797 g/mol. The molecule has 4 bridgehead atoms. The fourth-order valence-corrected chi connectivity index (χ4v) is 12.4. The van der Waals surface area contributed by atoms with E-state index in [-0.39, 0.29) is 40.1 Å². The first-order valence-electron chi connectivity index (χ1n) is 20.3. The molecule has 10 nitrogen and oxygen atoms in total. The molecule has 5 aliphatic heterocycles. The van der Waals surface area contributed by atoms with Gasteiger partial charge in [-0.25, -0.2) is 17.5 Å². The van der Waals surface area contributed by atoms with Gasteiger partial charge in [-0.15, -0.1) is 0 Å². The molecule has 55 heavy (non-hydrogen) atoms. The number of nitrogens with one attached hydrogen (secondary N) is 1. The second kappa shape index (κ2) is 14.3. The number of allylic oxidation sites excluding steroid dienone is 1. The quantitative estimate of drug-likeness (QED) is 0.407. The highest BCUT2D eigenvalue weighted by atomic mass is 35.5. The average Bonchev–Trinajstić information content (AvgIpc) is 3.26. The molecule has 10 rings (SSSR count). The van der Waals surface area contributed by atoms with E-state index < -0.39 is 32.2 Å². The number of sulfonamides is 1. The minimum atomic E-state index is -4.00. The highest BCUT2D eigenvalue weighted by Crippen LogP contribution is 2.54. The Hall–Kier alpha value is -2.74. The molecule has 0 unspecified atom stereocenters. The van der Waals surface area contributed by atoms with Crippen LogP contribution >= 0.6 is 11.6 Å². The summed E-state index contributed by atoms with van der Waals surface area (Å²) in [5.41, 5.74) is 2.85. The highest BCUT2D eigenvalue weighted by Gasteiger charge is 2.55. The standard InChI is InChI=1S/C42H54ClFN4O6S/c1-26-27(2)55(50,51)45-40(49)28-7-11-38-37(19-28)48(23-41(25-54-38)12-4-5-33-35(41)9-10-36(43)39(33)44)20-29-6-8-34(29)42(52-3,31-17-30(26)18-31)24-46-13-15-47(16-14-46)32-21-53-22-32/h7,9-11,17,19,26-27,29-30,32,34H,4-6,8,12-16,18,20-25H2,1-3H3,(H,45,49)/t26-,27-,29+,30+,34-,41+,42+/m1/s1. The number of carbonyl (C=O) groups excluding carboxylic acids is 1. The summed E-state index contributed by atoms with van der Waals surface area (Å²) >= 11 is 6.32. The van der Waals surface area contributed by atoms with Crippen LogP contribution in [0.2, 0.25) is 5.02 Å². The van der Waals surface area contributed by atoms with E-state index in [1.807, 2.05) is 20.1 Å². The third kappa shape index (κ3) is 6.41. The summed E-state index contributed by atoms with van der Waals surface area (Å²) in [5.74, 6) is 0.000451. The lowest BCUT2D eigenvalue weighted by Crippen LogP contribution is -2.63.